The fourth-order valence-electron chi connectivity index (χ4n) is 0.924. The molecule has 0 radical (unpaired) electrons. The van der Waals surface area contributed by atoms with Gasteiger partial charge in [0, 0.05) is 18.8 Å². The topological polar surface area (TPSA) is 34.1 Å². The van der Waals surface area contributed by atoms with Crippen molar-refractivity contribution >= 4 is 6.08 Å². The van der Waals surface area contributed by atoms with Crippen molar-refractivity contribution < 1.29 is 4.74 Å². The molecule has 1 aromatic heterocycles. The molecule has 0 saturated heterocycles. The van der Waals surface area contributed by atoms with Gasteiger partial charge in [0.1, 0.15) is 0 Å². The molecular formula is C10H14N2O. The molecule has 0 amide bonds. The van der Waals surface area contributed by atoms with Crippen molar-refractivity contribution in [3.63, 3.8) is 0 Å². The van der Waals surface area contributed by atoms with Crippen molar-refractivity contribution in [2.75, 3.05) is 20.7 Å². The van der Waals surface area contributed by atoms with E-state index in [-0.39, 0.29) is 0 Å². The van der Waals surface area contributed by atoms with Crippen LogP contribution in [0.1, 0.15) is 5.56 Å². The summed E-state index contributed by atoms with van der Waals surface area (Å²) in [6.45, 7) is 0.867. The molecule has 1 N–H and O–H groups in total. The maximum atomic E-state index is 4.95. The highest BCUT2D eigenvalue weighted by atomic mass is 16.5. The minimum Gasteiger partial charge on any atom is -0.481 e. The summed E-state index contributed by atoms with van der Waals surface area (Å²) in [4.78, 5) is 4.08. The zero-order valence-corrected chi connectivity index (χ0v) is 7.95. The maximum Gasteiger partial charge on any atom is 0.212 e. The molecule has 1 rings (SSSR count). The molecule has 0 aromatic carbocycles. The van der Waals surface area contributed by atoms with Crippen molar-refractivity contribution in [1.29, 1.82) is 0 Å². The van der Waals surface area contributed by atoms with Crippen molar-refractivity contribution in [3.8, 4) is 5.88 Å². The summed E-state index contributed by atoms with van der Waals surface area (Å²) >= 11 is 0. The Morgan fingerprint density at radius 2 is 2.38 bits per heavy atom. The van der Waals surface area contributed by atoms with Crippen LogP contribution in [0.2, 0.25) is 0 Å². The molecule has 0 unspecified atom stereocenters. The van der Waals surface area contributed by atoms with E-state index in [1.54, 1.807) is 13.3 Å². The van der Waals surface area contributed by atoms with Gasteiger partial charge in [-0.1, -0.05) is 12.2 Å². The second kappa shape index (κ2) is 5.32. The first-order valence-electron chi connectivity index (χ1n) is 4.18. The van der Waals surface area contributed by atoms with Gasteiger partial charge in [-0.05, 0) is 18.7 Å². The van der Waals surface area contributed by atoms with Crippen LogP contribution in [0.3, 0.4) is 0 Å². The average Bonchev–Trinajstić information content (AvgIpc) is 2.19. The largest absolute Gasteiger partial charge is 0.481 e. The number of pyridine rings is 1. The van der Waals surface area contributed by atoms with E-state index >= 15 is 0 Å². The minimum atomic E-state index is 0.644. The van der Waals surface area contributed by atoms with Gasteiger partial charge in [-0.15, -0.1) is 0 Å². The molecule has 3 nitrogen and oxygen atoms in total. The minimum absolute atomic E-state index is 0.644. The molecule has 70 valence electrons. The molecule has 0 aliphatic heterocycles. The summed E-state index contributed by atoms with van der Waals surface area (Å²) in [5.74, 6) is 0.644. The van der Waals surface area contributed by atoms with Crippen LogP contribution >= 0.6 is 0 Å². The third kappa shape index (κ3) is 3.25. The SMILES string of the molecule is CNCC=Cc1ccc(OC)nc1. The van der Waals surface area contributed by atoms with Crippen LogP contribution in [0.4, 0.5) is 0 Å². The van der Waals surface area contributed by atoms with Crippen molar-refractivity contribution in [2.24, 2.45) is 0 Å². The molecule has 0 fully saturated rings. The third-order valence-corrected chi connectivity index (χ3v) is 1.60. The lowest BCUT2D eigenvalue weighted by molar-refractivity contribution is 0.398. The number of hydrogen-bond donors (Lipinski definition) is 1. The van der Waals surface area contributed by atoms with Crippen LogP contribution in [0.5, 0.6) is 5.88 Å². The summed E-state index contributed by atoms with van der Waals surface area (Å²) in [5, 5.41) is 3.03. The zero-order valence-electron chi connectivity index (χ0n) is 7.95. The fourth-order valence-corrected chi connectivity index (χ4v) is 0.924. The zero-order chi connectivity index (χ0) is 9.52. The number of aromatic nitrogens is 1. The van der Waals surface area contributed by atoms with Gasteiger partial charge >= 0.3 is 0 Å². The molecule has 1 aromatic rings. The predicted octanol–water partition coefficient (Wildman–Crippen LogP) is 1.32. The summed E-state index contributed by atoms with van der Waals surface area (Å²) in [5.41, 5.74) is 1.08. The average molecular weight is 178 g/mol. The molecule has 0 aliphatic rings. The number of ether oxygens (including phenoxy) is 1. The number of nitrogens with zero attached hydrogens (tertiary/aromatic N) is 1. The predicted molar refractivity (Wildman–Crippen MR) is 53.7 cm³/mol. The van der Waals surface area contributed by atoms with Gasteiger partial charge in [-0.25, -0.2) is 4.98 Å². The first-order chi connectivity index (χ1) is 6.36. The Morgan fingerprint density at radius 1 is 1.54 bits per heavy atom. The summed E-state index contributed by atoms with van der Waals surface area (Å²) in [7, 11) is 3.52. The number of nitrogens with one attached hydrogen (secondary N) is 1. The summed E-state index contributed by atoms with van der Waals surface area (Å²) in [6.07, 6.45) is 5.84. The molecule has 0 spiro atoms. The van der Waals surface area contributed by atoms with Gasteiger partial charge in [-0.3, -0.25) is 0 Å². The quantitative estimate of drug-likeness (QED) is 0.755. The van der Waals surface area contributed by atoms with E-state index in [0.717, 1.165) is 12.1 Å². The first-order valence-corrected chi connectivity index (χ1v) is 4.18. The van der Waals surface area contributed by atoms with E-state index in [4.69, 9.17) is 4.74 Å². The van der Waals surface area contributed by atoms with E-state index in [1.165, 1.54) is 0 Å². The van der Waals surface area contributed by atoms with E-state index in [9.17, 15) is 0 Å². The van der Waals surface area contributed by atoms with Crippen LogP contribution in [0.15, 0.2) is 24.4 Å². The van der Waals surface area contributed by atoms with Gasteiger partial charge < -0.3 is 10.1 Å². The highest BCUT2D eigenvalue weighted by molar-refractivity contribution is 5.48. The summed E-state index contributed by atoms with van der Waals surface area (Å²) < 4.78 is 4.95. The Kier molecular flexibility index (Phi) is 3.99. The van der Waals surface area contributed by atoms with Crippen molar-refractivity contribution in [3.05, 3.63) is 30.0 Å². The van der Waals surface area contributed by atoms with Gasteiger partial charge in [0.2, 0.25) is 5.88 Å². The van der Waals surface area contributed by atoms with Crippen molar-refractivity contribution in [1.82, 2.24) is 10.3 Å². The van der Waals surface area contributed by atoms with E-state index in [2.05, 4.69) is 10.3 Å². The first kappa shape index (κ1) is 9.74. The van der Waals surface area contributed by atoms with E-state index in [0.29, 0.717) is 5.88 Å². The molecule has 1 heterocycles. The lowest BCUT2D eigenvalue weighted by atomic mass is 10.2. The van der Waals surface area contributed by atoms with Gasteiger partial charge in [0.05, 0.1) is 7.11 Å². The Balaban J connectivity index is 2.58. The van der Waals surface area contributed by atoms with Crippen molar-refractivity contribution in [2.45, 2.75) is 0 Å². The lowest BCUT2D eigenvalue weighted by Crippen LogP contribution is -2.03. The number of methoxy groups -OCH3 is 1. The summed E-state index contributed by atoms with van der Waals surface area (Å²) in [6, 6.07) is 3.82. The van der Waals surface area contributed by atoms with Crippen LogP contribution in [-0.4, -0.2) is 25.7 Å². The fraction of sp³-hybridized carbons (Fsp3) is 0.300. The second-order valence-electron chi connectivity index (χ2n) is 2.59. The monoisotopic (exact) mass is 178 g/mol. The van der Waals surface area contributed by atoms with Crippen LogP contribution in [0.25, 0.3) is 6.08 Å². The Hall–Kier alpha value is -1.35. The Morgan fingerprint density at radius 3 is 2.92 bits per heavy atom. The molecule has 13 heavy (non-hydrogen) atoms. The van der Waals surface area contributed by atoms with Crippen LogP contribution < -0.4 is 10.1 Å². The highest BCUT2D eigenvalue weighted by Gasteiger charge is 1.90. The molecule has 3 heteroatoms. The van der Waals surface area contributed by atoms with Gasteiger partial charge in [0.15, 0.2) is 0 Å². The number of likely N-dealkylation sites (N-methyl/N-ethyl adjacent to an activating group) is 1. The van der Waals surface area contributed by atoms with E-state index < -0.39 is 0 Å². The number of rotatable bonds is 4. The smallest absolute Gasteiger partial charge is 0.212 e. The van der Waals surface area contributed by atoms with Gasteiger partial charge in [0.25, 0.3) is 0 Å². The molecular weight excluding hydrogens is 164 g/mol. The Labute approximate surface area is 78.4 Å². The number of hydrogen-bond acceptors (Lipinski definition) is 3. The van der Waals surface area contributed by atoms with Crippen LogP contribution in [0, 0.1) is 0 Å². The lowest BCUT2D eigenvalue weighted by Gasteiger charge is -1.97. The molecule has 0 bridgehead atoms. The Bertz CT molecular complexity index is 267. The molecule has 0 atom stereocenters. The molecule has 0 aliphatic carbocycles. The maximum absolute atomic E-state index is 4.95. The molecule has 0 saturated carbocycles. The normalized spacial score (nSPS) is 10.6. The second-order valence-corrected chi connectivity index (χ2v) is 2.59. The standard InChI is InChI=1S/C10H14N2O/c1-11-7-3-4-9-5-6-10(13-2)12-8-9/h3-6,8,11H,7H2,1-2H3. The third-order valence-electron chi connectivity index (χ3n) is 1.60. The van der Waals surface area contributed by atoms with Crippen LogP contribution in [-0.2, 0) is 0 Å². The van der Waals surface area contributed by atoms with E-state index in [1.807, 2.05) is 31.3 Å². The highest BCUT2D eigenvalue weighted by Crippen LogP contribution is 2.07. The van der Waals surface area contributed by atoms with Gasteiger partial charge in [-0.2, -0.15) is 0 Å².